The summed E-state index contributed by atoms with van der Waals surface area (Å²) < 4.78 is 0. The lowest BCUT2D eigenvalue weighted by Gasteiger charge is -2.28. The van der Waals surface area contributed by atoms with Crippen LogP contribution in [0.15, 0.2) is 30.3 Å². The number of unbranched alkanes of at least 4 members (excludes halogenated alkanes) is 2. The van der Waals surface area contributed by atoms with E-state index in [2.05, 4.69) is 12.2 Å². The van der Waals surface area contributed by atoms with E-state index >= 15 is 0 Å². The third kappa shape index (κ3) is 5.85. The Morgan fingerprint density at radius 3 is 2.48 bits per heavy atom. The molecule has 116 valence electrons. The van der Waals surface area contributed by atoms with Gasteiger partial charge in [-0.05, 0) is 25.5 Å². The summed E-state index contributed by atoms with van der Waals surface area (Å²) in [5.74, 6) is -1.10. The van der Waals surface area contributed by atoms with Gasteiger partial charge in [0.15, 0.2) is 0 Å². The summed E-state index contributed by atoms with van der Waals surface area (Å²) in [7, 11) is 0. The van der Waals surface area contributed by atoms with E-state index < -0.39 is 12.0 Å². The SMILES string of the molecule is CCCCCNC(=O)C(C)N(CC(=O)O)c1ccccc1. The van der Waals surface area contributed by atoms with Gasteiger partial charge in [-0.2, -0.15) is 0 Å². The zero-order chi connectivity index (χ0) is 15.7. The van der Waals surface area contributed by atoms with Crippen LogP contribution in [0.25, 0.3) is 0 Å². The van der Waals surface area contributed by atoms with Crippen LogP contribution in [-0.2, 0) is 9.59 Å². The van der Waals surface area contributed by atoms with E-state index in [4.69, 9.17) is 5.11 Å². The Kier molecular flexibility index (Phi) is 7.29. The molecule has 0 heterocycles. The molecule has 0 aliphatic carbocycles. The van der Waals surface area contributed by atoms with E-state index in [0.717, 1.165) is 24.9 Å². The second-order valence-electron chi connectivity index (χ2n) is 5.03. The van der Waals surface area contributed by atoms with Crippen molar-refractivity contribution in [2.24, 2.45) is 0 Å². The molecule has 5 nitrogen and oxygen atoms in total. The van der Waals surface area contributed by atoms with Gasteiger partial charge in [0.05, 0.1) is 0 Å². The molecule has 0 saturated heterocycles. The Bertz CT molecular complexity index is 448. The molecular formula is C16H24N2O3. The largest absolute Gasteiger partial charge is 0.480 e. The number of nitrogens with one attached hydrogen (secondary N) is 1. The molecule has 0 radical (unpaired) electrons. The molecule has 0 bridgehead atoms. The Morgan fingerprint density at radius 2 is 1.90 bits per heavy atom. The Morgan fingerprint density at radius 1 is 1.24 bits per heavy atom. The zero-order valence-corrected chi connectivity index (χ0v) is 12.7. The first kappa shape index (κ1) is 17.0. The van der Waals surface area contributed by atoms with Crippen LogP contribution in [0.2, 0.25) is 0 Å². The van der Waals surface area contributed by atoms with Gasteiger partial charge in [-0.15, -0.1) is 0 Å². The zero-order valence-electron chi connectivity index (χ0n) is 12.7. The molecule has 0 aliphatic heterocycles. The predicted molar refractivity (Wildman–Crippen MR) is 83.4 cm³/mol. The number of amides is 1. The van der Waals surface area contributed by atoms with E-state index in [1.165, 1.54) is 0 Å². The third-order valence-corrected chi connectivity index (χ3v) is 3.32. The maximum atomic E-state index is 12.2. The van der Waals surface area contributed by atoms with Gasteiger partial charge in [0, 0.05) is 12.2 Å². The minimum absolute atomic E-state index is 0.142. The van der Waals surface area contributed by atoms with E-state index in [-0.39, 0.29) is 12.5 Å². The number of carboxylic acid groups (broad SMARTS) is 1. The van der Waals surface area contributed by atoms with Crippen molar-refractivity contribution in [3.05, 3.63) is 30.3 Å². The molecule has 1 aromatic rings. The molecular weight excluding hydrogens is 268 g/mol. The van der Waals surface area contributed by atoms with Crippen molar-refractivity contribution in [2.45, 2.75) is 39.2 Å². The monoisotopic (exact) mass is 292 g/mol. The summed E-state index contributed by atoms with van der Waals surface area (Å²) in [5, 5.41) is 11.9. The van der Waals surface area contributed by atoms with Crippen molar-refractivity contribution in [3.8, 4) is 0 Å². The first-order valence-corrected chi connectivity index (χ1v) is 7.37. The highest BCUT2D eigenvalue weighted by molar-refractivity contribution is 5.87. The van der Waals surface area contributed by atoms with Gasteiger partial charge >= 0.3 is 5.97 Å². The highest BCUT2D eigenvalue weighted by atomic mass is 16.4. The fourth-order valence-corrected chi connectivity index (χ4v) is 2.09. The van der Waals surface area contributed by atoms with Crippen LogP contribution in [0.3, 0.4) is 0 Å². The highest BCUT2D eigenvalue weighted by Crippen LogP contribution is 2.16. The van der Waals surface area contributed by atoms with E-state index in [0.29, 0.717) is 6.54 Å². The van der Waals surface area contributed by atoms with Crippen LogP contribution >= 0.6 is 0 Å². The van der Waals surface area contributed by atoms with E-state index in [1.54, 1.807) is 11.8 Å². The van der Waals surface area contributed by atoms with Gasteiger partial charge in [-0.3, -0.25) is 9.59 Å². The molecule has 1 aromatic carbocycles. The number of hydrogen-bond donors (Lipinski definition) is 2. The van der Waals surface area contributed by atoms with E-state index in [1.807, 2.05) is 30.3 Å². The Balaban J connectivity index is 2.69. The lowest BCUT2D eigenvalue weighted by Crippen LogP contribution is -2.47. The Labute approximate surface area is 126 Å². The van der Waals surface area contributed by atoms with Crippen LogP contribution < -0.4 is 10.2 Å². The van der Waals surface area contributed by atoms with Crippen molar-refractivity contribution in [1.82, 2.24) is 5.32 Å². The Hall–Kier alpha value is -2.04. The number of benzene rings is 1. The summed E-state index contributed by atoms with van der Waals surface area (Å²) in [6.45, 7) is 4.26. The number of para-hydroxylation sites is 1. The minimum atomic E-state index is -0.954. The average molecular weight is 292 g/mol. The number of anilines is 1. The van der Waals surface area contributed by atoms with Gasteiger partial charge in [0.25, 0.3) is 0 Å². The smallest absolute Gasteiger partial charge is 0.323 e. The molecule has 1 rings (SSSR count). The molecule has 0 saturated carbocycles. The van der Waals surface area contributed by atoms with Gasteiger partial charge in [-0.25, -0.2) is 0 Å². The van der Waals surface area contributed by atoms with Crippen LogP contribution in [-0.4, -0.2) is 36.1 Å². The quantitative estimate of drug-likeness (QED) is 0.685. The number of carboxylic acids is 1. The maximum Gasteiger partial charge on any atom is 0.323 e. The number of hydrogen-bond acceptors (Lipinski definition) is 3. The topological polar surface area (TPSA) is 69.6 Å². The standard InChI is InChI=1S/C16H24N2O3/c1-3-4-8-11-17-16(21)13(2)18(12-15(19)20)14-9-6-5-7-10-14/h5-7,9-10,13H,3-4,8,11-12H2,1-2H3,(H,17,21)(H,19,20). The third-order valence-electron chi connectivity index (χ3n) is 3.32. The number of carbonyl (C=O) groups is 2. The van der Waals surface area contributed by atoms with Crippen molar-refractivity contribution in [3.63, 3.8) is 0 Å². The second-order valence-corrected chi connectivity index (χ2v) is 5.03. The molecule has 0 fully saturated rings. The van der Waals surface area contributed by atoms with Crippen molar-refractivity contribution in [1.29, 1.82) is 0 Å². The second kappa shape index (κ2) is 9.00. The fourth-order valence-electron chi connectivity index (χ4n) is 2.09. The summed E-state index contributed by atoms with van der Waals surface area (Å²) in [5.41, 5.74) is 0.733. The number of rotatable bonds is 9. The minimum Gasteiger partial charge on any atom is -0.480 e. The average Bonchev–Trinajstić information content (AvgIpc) is 2.49. The van der Waals surface area contributed by atoms with Crippen LogP contribution in [0, 0.1) is 0 Å². The first-order chi connectivity index (χ1) is 10.1. The molecule has 1 atom stereocenters. The molecule has 2 N–H and O–H groups in total. The molecule has 0 aromatic heterocycles. The van der Waals surface area contributed by atoms with Crippen molar-refractivity contribution < 1.29 is 14.7 Å². The highest BCUT2D eigenvalue weighted by Gasteiger charge is 2.23. The predicted octanol–water partition coefficient (Wildman–Crippen LogP) is 2.27. The number of nitrogens with zero attached hydrogens (tertiary/aromatic N) is 1. The van der Waals surface area contributed by atoms with E-state index in [9.17, 15) is 9.59 Å². The van der Waals surface area contributed by atoms with Crippen molar-refractivity contribution >= 4 is 17.6 Å². The summed E-state index contributed by atoms with van der Waals surface area (Å²) in [6.07, 6.45) is 3.12. The van der Waals surface area contributed by atoms with Gasteiger partial charge < -0.3 is 15.3 Å². The summed E-state index contributed by atoms with van der Waals surface area (Å²) in [4.78, 5) is 24.8. The van der Waals surface area contributed by atoms with Crippen LogP contribution in [0.4, 0.5) is 5.69 Å². The van der Waals surface area contributed by atoms with Gasteiger partial charge in [-0.1, -0.05) is 38.0 Å². The van der Waals surface area contributed by atoms with Gasteiger partial charge in [0.2, 0.25) is 5.91 Å². The fraction of sp³-hybridized carbons (Fsp3) is 0.500. The molecule has 1 amide bonds. The maximum absolute atomic E-state index is 12.2. The van der Waals surface area contributed by atoms with Crippen LogP contribution in [0.5, 0.6) is 0 Å². The summed E-state index contributed by atoms with van der Waals surface area (Å²) in [6, 6.07) is 8.61. The number of carbonyl (C=O) groups excluding carboxylic acids is 1. The molecule has 0 spiro atoms. The molecule has 1 unspecified atom stereocenters. The number of aliphatic carboxylic acids is 1. The van der Waals surface area contributed by atoms with Crippen molar-refractivity contribution in [2.75, 3.05) is 18.0 Å². The lowest BCUT2D eigenvalue weighted by atomic mass is 10.2. The molecule has 0 aliphatic rings. The first-order valence-electron chi connectivity index (χ1n) is 7.37. The van der Waals surface area contributed by atoms with Gasteiger partial charge in [0.1, 0.15) is 12.6 Å². The molecule has 5 heteroatoms. The normalized spacial score (nSPS) is 11.7. The summed E-state index contributed by atoms with van der Waals surface area (Å²) >= 11 is 0. The lowest BCUT2D eigenvalue weighted by molar-refractivity contribution is -0.135. The molecule has 21 heavy (non-hydrogen) atoms. The van der Waals surface area contributed by atoms with Crippen LogP contribution in [0.1, 0.15) is 33.1 Å².